The van der Waals surface area contributed by atoms with Crippen molar-refractivity contribution >= 4 is 16.6 Å². The van der Waals surface area contributed by atoms with Gasteiger partial charge in [-0.25, -0.2) is 0 Å². The number of aromatic amines is 1. The molecule has 3 N–H and O–H groups in total. The van der Waals surface area contributed by atoms with Crippen LogP contribution in [0.2, 0.25) is 0 Å². The van der Waals surface area contributed by atoms with Crippen molar-refractivity contribution in [2.45, 2.75) is 6.92 Å². The molecule has 0 bridgehead atoms. The molecule has 1 aromatic heterocycles. The average Bonchev–Trinajstić information content (AvgIpc) is 2.73. The van der Waals surface area contributed by atoms with Crippen LogP contribution in [0.3, 0.4) is 0 Å². The van der Waals surface area contributed by atoms with E-state index in [1.807, 2.05) is 0 Å². The summed E-state index contributed by atoms with van der Waals surface area (Å²) < 4.78 is 0. The molecule has 0 amide bonds. The first-order valence-corrected chi connectivity index (χ1v) is 6.59. The molecule has 4 nitrogen and oxygen atoms in total. The van der Waals surface area contributed by atoms with Gasteiger partial charge in [0.25, 0.3) is 0 Å². The number of H-pyrrole nitrogens is 1. The molecule has 0 radical (unpaired) electrons. The highest BCUT2D eigenvalue weighted by molar-refractivity contribution is 5.94. The largest absolute Gasteiger partial charge is 0.370 e. The third-order valence-corrected chi connectivity index (χ3v) is 3.58. The standard InChI is InChI=1S/C14H20N4/c1-11-14(12-4-2-3-5-13(12)17-11)16-10-18-8-6-15-7-9-18/h2-5,15-17H,6-10H2,1H3. The normalized spacial score (nSPS) is 17.2. The number of hydrogen-bond acceptors (Lipinski definition) is 3. The molecular formula is C14H20N4. The van der Waals surface area contributed by atoms with Gasteiger partial charge in [0.15, 0.2) is 0 Å². The second kappa shape index (κ2) is 5.00. The predicted molar refractivity (Wildman–Crippen MR) is 76.0 cm³/mol. The lowest BCUT2D eigenvalue weighted by Crippen LogP contribution is -2.45. The Hall–Kier alpha value is -1.52. The zero-order valence-electron chi connectivity index (χ0n) is 10.8. The number of hydrogen-bond donors (Lipinski definition) is 3. The topological polar surface area (TPSA) is 43.1 Å². The van der Waals surface area contributed by atoms with Crippen LogP contribution in [0.1, 0.15) is 5.69 Å². The van der Waals surface area contributed by atoms with Gasteiger partial charge in [-0.3, -0.25) is 4.90 Å². The smallest absolute Gasteiger partial charge is 0.0680 e. The third-order valence-electron chi connectivity index (χ3n) is 3.58. The summed E-state index contributed by atoms with van der Waals surface area (Å²) in [6.45, 7) is 7.47. The fourth-order valence-electron chi connectivity index (χ4n) is 2.56. The van der Waals surface area contributed by atoms with Crippen LogP contribution in [0.25, 0.3) is 10.9 Å². The Morgan fingerprint density at radius 3 is 2.83 bits per heavy atom. The Morgan fingerprint density at radius 1 is 1.22 bits per heavy atom. The van der Waals surface area contributed by atoms with Gasteiger partial charge < -0.3 is 15.6 Å². The first-order valence-electron chi connectivity index (χ1n) is 6.59. The molecule has 3 rings (SSSR count). The van der Waals surface area contributed by atoms with Gasteiger partial charge in [-0.1, -0.05) is 18.2 Å². The summed E-state index contributed by atoms with van der Waals surface area (Å²) in [6, 6.07) is 8.45. The van der Waals surface area contributed by atoms with E-state index >= 15 is 0 Å². The van der Waals surface area contributed by atoms with Crippen LogP contribution in [0.4, 0.5) is 5.69 Å². The number of para-hydroxylation sites is 1. The quantitative estimate of drug-likeness (QED) is 0.770. The van der Waals surface area contributed by atoms with E-state index in [1.54, 1.807) is 0 Å². The number of nitrogens with one attached hydrogen (secondary N) is 3. The van der Waals surface area contributed by atoms with Gasteiger partial charge in [0.05, 0.1) is 12.4 Å². The molecule has 1 saturated heterocycles. The zero-order valence-corrected chi connectivity index (χ0v) is 10.8. The van der Waals surface area contributed by atoms with E-state index in [0.29, 0.717) is 0 Å². The van der Waals surface area contributed by atoms with Crippen molar-refractivity contribution in [1.82, 2.24) is 15.2 Å². The number of nitrogens with zero attached hydrogens (tertiary/aromatic N) is 1. The Bertz CT molecular complexity index is 526. The number of piperazine rings is 1. The minimum Gasteiger partial charge on any atom is -0.370 e. The van der Waals surface area contributed by atoms with Crippen molar-refractivity contribution in [3.63, 3.8) is 0 Å². The van der Waals surface area contributed by atoms with Crippen molar-refractivity contribution in [1.29, 1.82) is 0 Å². The predicted octanol–water partition coefficient (Wildman–Crippen LogP) is 1.75. The third kappa shape index (κ3) is 2.21. The molecule has 0 unspecified atom stereocenters. The van der Waals surface area contributed by atoms with Gasteiger partial charge in [-0.15, -0.1) is 0 Å². The van der Waals surface area contributed by atoms with Crippen LogP contribution >= 0.6 is 0 Å². The van der Waals surface area contributed by atoms with Crippen LogP contribution in [-0.4, -0.2) is 42.7 Å². The molecule has 0 saturated carbocycles. The number of aromatic nitrogens is 1. The van der Waals surface area contributed by atoms with Gasteiger partial charge in [-0.05, 0) is 13.0 Å². The minimum absolute atomic E-state index is 0.921. The molecule has 1 aliphatic rings. The number of anilines is 1. The Kier molecular flexibility index (Phi) is 3.21. The second-order valence-corrected chi connectivity index (χ2v) is 4.87. The molecule has 2 heterocycles. The number of fused-ring (bicyclic) bond motifs is 1. The molecule has 0 spiro atoms. The highest BCUT2D eigenvalue weighted by Gasteiger charge is 2.11. The SMILES string of the molecule is Cc1[nH]c2ccccc2c1NCN1CCNCC1. The molecular weight excluding hydrogens is 224 g/mol. The first kappa shape index (κ1) is 11.6. The van der Waals surface area contributed by atoms with E-state index in [9.17, 15) is 0 Å². The van der Waals surface area contributed by atoms with E-state index in [1.165, 1.54) is 22.3 Å². The van der Waals surface area contributed by atoms with Gasteiger partial charge in [0, 0.05) is 42.8 Å². The average molecular weight is 244 g/mol. The summed E-state index contributed by atoms with van der Waals surface area (Å²) >= 11 is 0. The van der Waals surface area contributed by atoms with Crippen molar-refractivity contribution in [3.8, 4) is 0 Å². The Labute approximate surface area is 107 Å². The lowest BCUT2D eigenvalue weighted by atomic mass is 10.2. The van der Waals surface area contributed by atoms with Gasteiger partial charge in [0.1, 0.15) is 0 Å². The highest BCUT2D eigenvalue weighted by atomic mass is 15.3. The van der Waals surface area contributed by atoms with Crippen LogP contribution in [0, 0.1) is 6.92 Å². The molecule has 4 heteroatoms. The first-order chi connectivity index (χ1) is 8.84. The maximum Gasteiger partial charge on any atom is 0.0680 e. The van der Waals surface area contributed by atoms with E-state index in [2.05, 4.69) is 51.7 Å². The molecule has 0 aliphatic carbocycles. The van der Waals surface area contributed by atoms with Gasteiger partial charge >= 0.3 is 0 Å². The van der Waals surface area contributed by atoms with E-state index in [4.69, 9.17) is 0 Å². The molecule has 2 aromatic rings. The van der Waals surface area contributed by atoms with Crippen LogP contribution in [0.15, 0.2) is 24.3 Å². The lowest BCUT2D eigenvalue weighted by Gasteiger charge is -2.27. The van der Waals surface area contributed by atoms with Gasteiger partial charge in [0.2, 0.25) is 0 Å². The van der Waals surface area contributed by atoms with Crippen LogP contribution in [0.5, 0.6) is 0 Å². The number of benzene rings is 1. The minimum atomic E-state index is 0.921. The fourth-order valence-corrected chi connectivity index (χ4v) is 2.56. The van der Waals surface area contributed by atoms with Crippen molar-refractivity contribution in [2.24, 2.45) is 0 Å². The summed E-state index contributed by atoms with van der Waals surface area (Å²) in [7, 11) is 0. The Balaban J connectivity index is 1.75. The van der Waals surface area contributed by atoms with Crippen molar-refractivity contribution in [2.75, 3.05) is 38.2 Å². The number of rotatable bonds is 3. The summed E-state index contributed by atoms with van der Waals surface area (Å²) in [6.07, 6.45) is 0. The zero-order chi connectivity index (χ0) is 12.4. The maximum absolute atomic E-state index is 3.57. The summed E-state index contributed by atoms with van der Waals surface area (Å²) in [4.78, 5) is 5.86. The maximum atomic E-state index is 3.57. The molecule has 1 aliphatic heterocycles. The van der Waals surface area contributed by atoms with Crippen LogP contribution in [-0.2, 0) is 0 Å². The molecule has 18 heavy (non-hydrogen) atoms. The summed E-state index contributed by atoms with van der Waals surface area (Å²) in [5.41, 5.74) is 3.66. The highest BCUT2D eigenvalue weighted by Crippen LogP contribution is 2.26. The fraction of sp³-hybridized carbons (Fsp3) is 0.429. The monoisotopic (exact) mass is 244 g/mol. The lowest BCUT2D eigenvalue weighted by molar-refractivity contribution is 0.256. The van der Waals surface area contributed by atoms with Crippen molar-refractivity contribution < 1.29 is 0 Å². The second-order valence-electron chi connectivity index (χ2n) is 4.87. The molecule has 1 aromatic carbocycles. The van der Waals surface area contributed by atoms with Gasteiger partial charge in [-0.2, -0.15) is 0 Å². The number of aryl methyl sites for hydroxylation is 1. The summed E-state index contributed by atoms with van der Waals surface area (Å²) in [5.74, 6) is 0. The molecule has 96 valence electrons. The molecule has 0 atom stereocenters. The van der Waals surface area contributed by atoms with E-state index in [-0.39, 0.29) is 0 Å². The van der Waals surface area contributed by atoms with E-state index in [0.717, 1.165) is 32.8 Å². The van der Waals surface area contributed by atoms with E-state index < -0.39 is 0 Å². The Morgan fingerprint density at radius 2 is 2.00 bits per heavy atom. The summed E-state index contributed by atoms with van der Waals surface area (Å²) in [5, 5.41) is 8.23. The molecule has 1 fully saturated rings. The van der Waals surface area contributed by atoms with Crippen molar-refractivity contribution in [3.05, 3.63) is 30.0 Å². The van der Waals surface area contributed by atoms with Crippen LogP contribution < -0.4 is 10.6 Å².